The maximum atomic E-state index is 13.4. The summed E-state index contributed by atoms with van der Waals surface area (Å²) in [4.78, 5) is 37.6. The molecule has 8 heteroatoms. The average Bonchev–Trinajstić information content (AvgIpc) is 3.53. The van der Waals surface area contributed by atoms with Crippen LogP contribution in [0, 0.1) is 5.92 Å². The van der Waals surface area contributed by atoms with Crippen molar-refractivity contribution in [2.24, 2.45) is 5.92 Å². The number of nitrogens with one attached hydrogen (secondary N) is 1. The highest BCUT2D eigenvalue weighted by molar-refractivity contribution is 9.10. The third-order valence-corrected chi connectivity index (χ3v) is 9.24. The van der Waals surface area contributed by atoms with Gasteiger partial charge < -0.3 is 14.6 Å². The first-order valence-corrected chi connectivity index (χ1v) is 13.8. The Bertz CT molecular complexity index is 1480. The first-order valence-electron chi connectivity index (χ1n) is 12.2. The number of benzene rings is 2. The van der Waals surface area contributed by atoms with E-state index >= 15 is 0 Å². The van der Waals surface area contributed by atoms with Gasteiger partial charge in [0, 0.05) is 45.6 Å². The quantitative estimate of drug-likeness (QED) is 0.242. The number of thiazole rings is 1. The van der Waals surface area contributed by atoms with Crippen LogP contribution in [0.1, 0.15) is 51.3 Å². The molecule has 6 rings (SSSR count). The van der Waals surface area contributed by atoms with Gasteiger partial charge in [-0.15, -0.1) is 0 Å². The number of carbonyl (C=O) groups is 2. The van der Waals surface area contributed by atoms with Crippen molar-refractivity contribution in [3.8, 4) is 0 Å². The van der Waals surface area contributed by atoms with Crippen molar-refractivity contribution in [2.75, 3.05) is 18.6 Å². The highest BCUT2D eigenvalue weighted by Crippen LogP contribution is 2.47. The zero-order chi connectivity index (χ0) is 25.0. The number of nitrogens with zero attached hydrogens (tertiary/aromatic N) is 2. The van der Waals surface area contributed by atoms with Crippen molar-refractivity contribution < 1.29 is 14.3 Å². The van der Waals surface area contributed by atoms with Gasteiger partial charge in [-0.2, -0.15) is 0 Å². The second-order valence-electron chi connectivity index (χ2n) is 9.53. The van der Waals surface area contributed by atoms with Crippen LogP contribution in [-0.2, 0) is 22.4 Å². The van der Waals surface area contributed by atoms with Crippen molar-refractivity contribution in [1.82, 2.24) is 9.97 Å². The molecule has 0 unspecified atom stereocenters. The number of anilines is 1. The number of H-pyrrole nitrogens is 1. The number of piperidine rings is 1. The average molecular weight is 565 g/mol. The number of ketones is 1. The molecule has 3 atom stereocenters. The Balaban J connectivity index is 1.42. The molecule has 2 aromatic heterocycles. The lowest BCUT2D eigenvalue weighted by molar-refractivity contribution is -0.146. The van der Waals surface area contributed by atoms with E-state index in [1.54, 1.807) is 0 Å². The second-order valence-corrected chi connectivity index (χ2v) is 11.4. The van der Waals surface area contributed by atoms with E-state index in [1.807, 2.05) is 31.2 Å². The summed E-state index contributed by atoms with van der Waals surface area (Å²) >= 11 is 4.89. The standard InChI is InChI=1S/C28H26BrN3O3S/c1-3-21-26(25(33)15-7-9-18(29)10-8-15)36-28(31-21)32-14-17(27(34)35-2)11-20-19-5-4-6-22-24(19)16(13-30-22)12-23(20)32/h4-10,13,17,20,23,30H,3,11-12,14H2,1-2H3/t17-,20-,23-/m1/s1. The van der Waals surface area contributed by atoms with Gasteiger partial charge >= 0.3 is 5.97 Å². The first kappa shape index (κ1) is 23.4. The molecule has 0 saturated carbocycles. The second kappa shape index (κ2) is 9.16. The number of aromatic amines is 1. The molecule has 0 amide bonds. The highest BCUT2D eigenvalue weighted by atomic mass is 79.9. The van der Waals surface area contributed by atoms with Gasteiger partial charge in [0.25, 0.3) is 0 Å². The number of rotatable bonds is 5. The molecule has 0 spiro atoms. The topological polar surface area (TPSA) is 75.3 Å². The number of halogens is 1. The third-order valence-electron chi connectivity index (χ3n) is 7.58. The van der Waals surface area contributed by atoms with Crippen molar-refractivity contribution in [1.29, 1.82) is 0 Å². The Hall–Kier alpha value is -2.97. The smallest absolute Gasteiger partial charge is 0.310 e. The Morgan fingerprint density at radius 2 is 2.03 bits per heavy atom. The summed E-state index contributed by atoms with van der Waals surface area (Å²) in [6, 6.07) is 14.0. The van der Waals surface area contributed by atoms with Crippen LogP contribution in [0.15, 0.2) is 53.1 Å². The van der Waals surface area contributed by atoms with Gasteiger partial charge in [-0.05, 0) is 60.7 Å². The molecular formula is C28H26BrN3O3S. The van der Waals surface area contributed by atoms with Crippen LogP contribution < -0.4 is 4.90 Å². The number of carbonyl (C=O) groups excluding carboxylic acids is 2. The fourth-order valence-corrected chi connectivity index (χ4v) is 7.31. The SMILES string of the molecule is CCc1nc(N2C[C@H](C(=O)OC)C[C@@H]3c4cccc5[nH]cc(c45)C[C@H]32)sc1C(=O)c1ccc(Br)cc1. The number of hydrogen-bond acceptors (Lipinski definition) is 6. The summed E-state index contributed by atoms with van der Waals surface area (Å²) < 4.78 is 6.12. The van der Waals surface area contributed by atoms with Crippen LogP contribution in [0.4, 0.5) is 5.13 Å². The van der Waals surface area contributed by atoms with E-state index in [0.29, 0.717) is 23.4 Å². The minimum atomic E-state index is -0.258. The van der Waals surface area contributed by atoms with E-state index in [1.165, 1.54) is 35.0 Å². The van der Waals surface area contributed by atoms with E-state index in [0.717, 1.165) is 33.7 Å². The number of ether oxygens (including phenoxy) is 1. The molecule has 36 heavy (non-hydrogen) atoms. The molecule has 3 heterocycles. The molecule has 1 fully saturated rings. The highest BCUT2D eigenvalue weighted by Gasteiger charge is 2.44. The van der Waals surface area contributed by atoms with Gasteiger partial charge in [0.2, 0.25) is 5.78 Å². The summed E-state index contributed by atoms with van der Waals surface area (Å²) in [5.74, 6) is -0.285. The lowest BCUT2D eigenvalue weighted by Crippen LogP contribution is -2.52. The Morgan fingerprint density at radius 3 is 2.78 bits per heavy atom. The normalized spacial score (nSPS) is 20.9. The monoisotopic (exact) mass is 563 g/mol. The maximum absolute atomic E-state index is 13.4. The summed E-state index contributed by atoms with van der Waals surface area (Å²) in [7, 11) is 1.46. The van der Waals surface area contributed by atoms with Gasteiger partial charge in [0.15, 0.2) is 5.13 Å². The largest absolute Gasteiger partial charge is 0.469 e. The third kappa shape index (κ3) is 3.78. The molecule has 6 nitrogen and oxygen atoms in total. The van der Waals surface area contributed by atoms with Crippen LogP contribution >= 0.6 is 27.3 Å². The van der Waals surface area contributed by atoms with Gasteiger partial charge in [0.1, 0.15) is 4.88 Å². The molecular weight excluding hydrogens is 538 g/mol. The van der Waals surface area contributed by atoms with Crippen LogP contribution in [0.5, 0.6) is 0 Å². The Morgan fingerprint density at radius 1 is 1.22 bits per heavy atom. The summed E-state index contributed by atoms with van der Waals surface area (Å²) in [5.41, 5.74) is 5.16. The predicted molar refractivity (Wildman–Crippen MR) is 145 cm³/mol. The molecule has 2 aliphatic rings. The summed E-state index contributed by atoms with van der Waals surface area (Å²) in [6.07, 6.45) is 4.38. The van der Waals surface area contributed by atoms with E-state index in [4.69, 9.17) is 9.72 Å². The van der Waals surface area contributed by atoms with Gasteiger partial charge in [-0.25, -0.2) is 4.98 Å². The van der Waals surface area contributed by atoms with Crippen LogP contribution in [0.2, 0.25) is 0 Å². The molecule has 1 aliphatic heterocycles. The maximum Gasteiger partial charge on any atom is 0.310 e. The van der Waals surface area contributed by atoms with E-state index in [-0.39, 0.29) is 29.6 Å². The molecule has 1 saturated heterocycles. The lowest BCUT2D eigenvalue weighted by Gasteiger charge is -2.46. The molecule has 1 N–H and O–H groups in total. The van der Waals surface area contributed by atoms with Crippen LogP contribution in [-0.4, -0.2) is 41.4 Å². The number of hydrogen-bond donors (Lipinski definition) is 1. The number of aromatic nitrogens is 2. The molecule has 1 aliphatic carbocycles. The summed E-state index contributed by atoms with van der Waals surface area (Å²) in [6.45, 7) is 2.56. The minimum Gasteiger partial charge on any atom is -0.469 e. The Labute approximate surface area is 221 Å². The van der Waals surface area contributed by atoms with E-state index < -0.39 is 0 Å². The fourth-order valence-electron chi connectivity index (χ4n) is 5.86. The fraction of sp³-hybridized carbons (Fsp3) is 0.321. The van der Waals surface area contributed by atoms with E-state index in [9.17, 15) is 9.59 Å². The van der Waals surface area contributed by atoms with Crippen LogP contribution in [0.3, 0.4) is 0 Å². The number of methoxy groups -OCH3 is 1. The Kier molecular flexibility index (Phi) is 5.96. The van der Waals surface area contributed by atoms with Gasteiger partial charge in [-0.3, -0.25) is 9.59 Å². The predicted octanol–water partition coefficient (Wildman–Crippen LogP) is 5.89. The van der Waals surface area contributed by atoms with Gasteiger partial charge in [0.05, 0.1) is 18.7 Å². The van der Waals surface area contributed by atoms with Crippen molar-refractivity contribution in [2.45, 2.75) is 38.1 Å². The zero-order valence-electron chi connectivity index (χ0n) is 20.1. The number of fused-ring (bicyclic) bond motifs is 2. The zero-order valence-corrected chi connectivity index (χ0v) is 22.5. The minimum absolute atomic E-state index is 0.0116. The van der Waals surface area contributed by atoms with Crippen molar-refractivity contribution in [3.63, 3.8) is 0 Å². The lowest BCUT2D eigenvalue weighted by atomic mass is 9.72. The van der Waals surface area contributed by atoms with Crippen LogP contribution in [0.25, 0.3) is 10.9 Å². The first-order chi connectivity index (χ1) is 17.5. The van der Waals surface area contributed by atoms with Gasteiger partial charge in [-0.1, -0.05) is 46.3 Å². The molecule has 184 valence electrons. The number of aryl methyl sites for hydroxylation is 1. The molecule has 2 aromatic carbocycles. The van der Waals surface area contributed by atoms with Crippen molar-refractivity contribution >= 4 is 55.1 Å². The molecule has 0 radical (unpaired) electrons. The number of esters is 1. The molecule has 4 aromatic rings. The molecule has 0 bridgehead atoms. The summed E-state index contributed by atoms with van der Waals surface area (Å²) in [5, 5.41) is 2.09. The van der Waals surface area contributed by atoms with E-state index in [2.05, 4.69) is 50.2 Å². The van der Waals surface area contributed by atoms with Crippen molar-refractivity contribution in [3.05, 3.63) is 80.4 Å².